The predicted octanol–water partition coefficient (Wildman–Crippen LogP) is 3.80. The van der Waals surface area contributed by atoms with Crippen molar-refractivity contribution in [1.82, 2.24) is 9.97 Å². The maximum absolute atomic E-state index is 4.89. The van der Waals surface area contributed by atoms with Crippen molar-refractivity contribution in [1.29, 1.82) is 0 Å². The molecule has 1 fully saturated rings. The van der Waals surface area contributed by atoms with Crippen molar-refractivity contribution in [2.24, 2.45) is 5.92 Å². The number of aryl methyl sites for hydroxylation is 1. The first-order valence-electron chi connectivity index (χ1n) is 8.75. The molecule has 1 aromatic heterocycles. The highest BCUT2D eigenvalue weighted by Crippen LogP contribution is 2.32. The van der Waals surface area contributed by atoms with E-state index in [0.29, 0.717) is 0 Å². The maximum atomic E-state index is 4.89. The molecule has 4 nitrogen and oxygen atoms in total. The lowest BCUT2D eigenvalue weighted by atomic mass is 10.0. The van der Waals surface area contributed by atoms with Crippen LogP contribution in [0.25, 0.3) is 0 Å². The smallest absolute Gasteiger partial charge is 0.231 e. The first-order chi connectivity index (χ1) is 11.3. The third kappa shape index (κ3) is 2.90. The molecule has 0 N–H and O–H groups in total. The van der Waals surface area contributed by atoms with Gasteiger partial charge in [-0.1, -0.05) is 25.1 Å². The summed E-state index contributed by atoms with van der Waals surface area (Å²) >= 11 is 0. The average molecular weight is 308 g/mol. The lowest BCUT2D eigenvalue weighted by Crippen LogP contribution is -2.35. The van der Waals surface area contributed by atoms with Crippen LogP contribution in [0.3, 0.4) is 0 Å². The minimum atomic E-state index is 0.748. The second-order valence-electron chi connectivity index (χ2n) is 6.79. The summed E-state index contributed by atoms with van der Waals surface area (Å²) in [5.41, 5.74) is 2.67. The molecule has 0 saturated carbocycles. The molecule has 4 rings (SSSR count). The minimum Gasteiger partial charge on any atom is -0.356 e. The Bertz CT molecular complexity index is 685. The number of rotatable bonds is 2. The molecule has 4 heteroatoms. The largest absolute Gasteiger partial charge is 0.356 e. The molecule has 120 valence electrons. The van der Waals surface area contributed by atoms with Gasteiger partial charge in [-0.15, -0.1) is 0 Å². The van der Waals surface area contributed by atoms with E-state index in [9.17, 15) is 0 Å². The predicted molar refractivity (Wildman–Crippen MR) is 94.4 cm³/mol. The molecule has 2 aliphatic heterocycles. The highest BCUT2D eigenvalue weighted by Gasteiger charge is 2.22. The topological polar surface area (TPSA) is 32.3 Å². The Hall–Kier alpha value is -2.10. The van der Waals surface area contributed by atoms with Gasteiger partial charge in [0.05, 0.1) is 0 Å². The van der Waals surface area contributed by atoms with Gasteiger partial charge >= 0.3 is 0 Å². The van der Waals surface area contributed by atoms with Gasteiger partial charge in [-0.3, -0.25) is 0 Å². The molecule has 1 unspecified atom stereocenters. The summed E-state index contributed by atoms with van der Waals surface area (Å²) in [7, 11) is 0. The van der Waals surface area contributed by atoms with E-state index in [1.54, 1.807) is 0 Å². The maximum Gasteiger partial charge on any atom is 0.231 e. The van der Waals surface area contributed by atoms with Gasteiger partial charge in [0, 0.05) is 31.5 Å². The highest BCUT2D eigenvalue weighted by atomic mass is 15.3. The molecule has 1 aromatic carbocycles. The number of para-hydroxylation sites is 1. The summed E-state index contributed by atoms with van der Waals surface area (Å²) in [5, 5.41) is 0. The van der Waals surface area contributed by atoms with Crippen molar-refractivity contribution in [3.05, 3.63) is 42.1 Å². The van der Waals surface area contributed by atoms with Crippen LogP contribution in [0.4, 0.5) is 17.5 Å². The molecule has 0 spiro atoms. The van der Waals surface area contributed by atoms with Crippen molar-refractivity contribution >= 4 is 17.5 Å². The van der Waals surface area contributed by atoms with Gasteiger partial charge in [-0.25, -0.2) is 4.98 Å². The van der Waals surface area contributed by atoms with E-state index in [1.807, 2.05) is 6.20 Å². The fourth-order valence-electron chi connectivity index (χ4n) is 3.78. The summed E-state index contributed by atoms with van der Waals surface area (Å²) in [6.45, 7) is 5.54. The molecule has 1 atom stereocenters. The Morgan fingerprint density at radius 3 is 2.91 bits per heavy atom. The summed E-state index contributed by atoms with van der Waals surface area (Å²) in [6, 6.07) is 10.7. The van der Waals surface area contributed by atoms with E-state index in [0.717, 1.165) is 50.2 Å². The van der Waals surface area contributed by atoms with Crippen LogP contribution in [0.5, 0.6) is 0 Å². The molecule has 2 aromatic rings. The third-order valence-electron chi connectivity index (χ3n) is 4.96. The van der Waals surface area contributed by atoms with E-state index in [1.165, 1.54) is 24.1 Å². The normalized spacial score (nSPS) is 21.2. The van der Waals surface area contributed by atoms with Crippen LogP contribution in [-0.4, -0.2) is 29.6 Å². The molecule has 0 radical (unpaired) electrons. The molecule has 0 amide bonds. The van der Waals surface area contributed by atoms with E-state index in [4.69, 9.17) is 4.98 Å². The fourth-order valence-corrected chi connectivity index (χ4v) is 3.78. The molecule has 2 aliphatic rings. The first kappa shape index (κ1) is 14.5. The molecular formula is C19H24N4. The number of piperidine rings is 1. The van der Waals surface area contributed by atoms with E-state index in [-0.39, 0.29) is 0 Å². The second kappa shape index (κ2) is 6.19. The second-order valence-corrected chi connectivity index (χ2v) is 6.79. The SMILES string of the molecule is CC1CCCN(c2ccnc(N3CCCc4ccccc43)n2)C1. The number of fused-ring (bicyclic) bond motifs is 1. The van der Waals surface area contributed by atoms with Crippen LogP contribution in [0.15, 0.2) is 36.5 Å². The monoisotopic (exact) mass is 308 g/mol. The summed E-state index contributed by atoms with van der Waals surface area (Å²) in [5.74, 6) is 2.66. The van der Waals surface area contributed by atoms with Crippen molar-refractivity contribution in [3.63, 3.8) is 0 Å². The van der Waals surface area contributed by atoms with E-state index >= 15 is 0 Å². The number of aromatic nitrogens is 2. The van der Waals surface area contributed by atoms with Crippen LogP contribution in [0.2, 0.25) is 0 Å². The summed E-state index contributed by atoms with van der Waals surface area (Å²) in [6.07, 6.45) is 6.80. The molecule has 1 saturated heterocycles. The molecule has 0 aliphatic carbocycles. The van der Waals surface area contributed by atoms with Crippen molar-refractivity contribution in [2.45, 2.75) is 32.6 Å². The fraction of sp³-hybridized carbons (Fsp3) is 0.474. The van der Waals surface area contributed by atoms with Gasteiger partial charge in [0.25, 0.3) is 0 Å². The highest BCUT2D eigenvalue weighted by molar-refractivity contribution is 5.64. The van der Waals surface area contributed by atoms with Crippen LogP contribution in [-0.2, 0) is 6.42 Å². The van der Waals surface area contributed by atoms with Gasteiger partial charge in [0.15, 0.2) is 0 Å². The van der Waals surface area contributed by atoms with Gasteiger partial charge in [-0.2, -0.15) is 4.98 Å². The van der Waals surface area contributed by atoms with E-state index < -0.39 is 0 Å². The van der Waals surface area contributed by atoms with Gasteiger partial charge in [0.1, 0.15) is 5.82 Å². The number of nitrogens with zero attached hydrogens (tertiary/aromatic N) is 4. The minimum absolute atomic E-state index is 0.748. The molecular weight excluding hydrogens is 284 g/mol. The van der Waals surface area contributed by atoms with Crippen LogP contribution >= 0.6 is 0 Å². The Balaban J connectivity index is 1.64. The standard InChI is InChI=1S/C19H24N4/c1-15-6-4-12-22(14-15)18-10-11-20-19(21-18)23-13-5-8-16-7-2-3-9-17(16)23/h2-3,7,9-11,15H,4-6,8,12-14H2,1H3. The Labute approximate surface area is 138 Å². The number of benzene rings is 1. The summed E-state index contributed by atoms with van der Waals surface area (Å²) < 4.78 is 0. The number of hydrogen-bond donors (Lipinski definition) is 0. The Morgan fingerprint density at radius 2 is 2.00 bits per heavy atom. The number of hydrogen-bond acceptors (Lipinski definition) is 4. The van der Waals surface area contributed by atoms with Crippen molar-refractivity contribution in [3.8, 4) is 0 Å². The van der Waals surface area contributed by atoms with Crippen LogP contribution in [0.1, 0.15) is 31.7 Å². The third-order valence-corrected chi connectivity index (χ3v) is 4.96. The lowest BCUT2D eigenvalue weighted by molar-refractivity contribution is 0.444. The summed E-state index contributed by atoms with van der Waals surface area (Å²) in [4.78, 5) is 14.1. The Kier molecular flexibility index (Phi) is 3.90. The van der Waals surface area contributed by atoms with Crippen molar-refractivity contribution in [2.75, 3.05) is 29.4 Å². The zero-order valence-corrected chi connectivity index (χ0v) is 13.8. The average Bonchev–Trinajstić information content (AvgIpc) is 2.61. The lowest BCUT2D eigenvalue weighted by Gasteiger charge is -2.33. The molecule has 0 bridgehead atoms. The Morgan fingerprint density at radius 1 is 1.09 bits per heavy atom. The molecule has 23 heavy (non-hydrogen) atoms. The first-order valence-corrected chi connectivity index (χ1v) is 8.75. The number of anilines is 3. The van der Waals surface area contributed by atoms with E-state index in [2.05, 4.69) is 52.0 Å². The van der Waals surface area contributed by atoms with Gasteiger partial charge < -0.3 is 9.80 Å². The van der Waals surface area contributed by atoms with Crippen LogP contribution < -0.4 is 9.80 Å². The van der Waals surface area contributed by atoms with Crippen LogP contribution in [0, 0.1) is 5.92 Å². The zero-order valence-electron chi connectivity index (χ0n) is 13.8. The zero-order chi connectivity index (χ0) is 15.6. The molecule has 3 heterocycles. The van der Waals surface area contributed by atoms with Crippen molar-refractivity contribution < 1.29 is 0 Å². The quantitative estimate of drug-likeness (QED) is 0.845. The van der Waals surface area contributed by atoms with Gasteiger partial charge in [0.2, 0.25) is 5.95 Å². The van der Waals surface area contributed by atoms with Gasteiger partial charge in [-0.05, 0) is 49.3 Å².